The average Bonchev–Trinajstić information content (AvgIpc) is 3.03. The SMILES string of the molecule is CCNC(=O)C1CC(N)CN1S(=O)(=O)CCc1cccc2ccccc12. The van der Waals surface area contributed by atoms with Gasteiger partial charge in [-0.2, -0.15) is 4.31 Å². The summed E-state index contributed by atoms with van der Waals surface area (Å²) in [7, 11) is -3.58. The Morgan fingerprint density at radius 1 is 1.23 bits per heavy atom. The number of likely N-dealkylation sites (N-methyl/N-ethyl adjacent to an activating group) is 1. The molecule has 1 aliphatic rings. The average molecular weight is 375 g/mol. The molecule has 1 heterocycles. The van der Waals surface area contributed by atoms with Crippen molar-refractivity contribution in [1.82, 2.24) is 9.62 Å². The third-order valence-electron chi connectivity index (χ3n) is 4.81. The molecule has 0 aliphatic carbocycles. The standard InChI is InChI=1S/C19H25N3O3S/c1-2-21-19(23)18-12-16(20)13-22(18)26(24,25)11-10-15-8-5-7-14-6-3-4-9-17(14)15/h3-9,16,18H,2,10-13,20H2,1H3,(H,21,23). The summed E-state index contributed by atoms with van der Waals surface area (Å²) in [6.45, 7) is 2.47. The van der Waals surface area contributed by atoms with Gasteiger partial charge in [0.05, 0.1) is 5.75 Å². The van der Waals surface area contributed by atoms with Crippen LogP contribution in [0.2, 0.25) is 0 Å². The number of hydrogen-bond donors (Lipinski definition) is 2. The van der Waals surface area contributed by atoms with Gasteiger partial charge in [-0.1, -0.05) is 42.5 Å². The highest BCUT2D eigenvalue weighted by atomic mass is 32.2. The lowest BCUT2D eigenvalue weighted by Gasteiger charge is -2.23. The molecular formula is C19H25N3O3S. The van der Waals surface area contributed by atoms with Crippen LogP contribution in [0.25, 0.3) is 10.8 Å². The first kappa shape index (κ1) is 18.8. The van der Waals surface area contributed by atoms with Crippen LogP contribution in [0.3, 0.4) is 0 Å². The van der Waals surface area contributed by atoms with Crippen LogP contribution < -0.4 is 11.1 Å². The lowest BCUT2D eigenvalue weighted by molar-refractivity contribution is -0.124. The largest absolute Gasteiger partial charge is 0.355 e. The summed E-state index contributed by atoms with van der Waals surface area (Å²) in [5.41, 5.74) is 6.93. The Bertz CT molecular complexity index is 893. The van der Waals surface area contributed by atoms with Gasteiger partial charge in [-0.05, 0) is 36.1 Å². The van der Waals surface area contributed by atoms with Gasteiger partial charge < -0.3 is 11.1 Å². The maximum absolute atomic E-state index is 12.9. The molecule has 1 amide bonds. The Kier molecular flexibility index (Phi) is 5.60. The van der Waals surface area contributed by atoms with E-state index in [0.717, 1.165) is 16.3 Å². The monoisotopic (exact) mass is 375 g/mol. The van der Waals surface area contributed by atoms with Crippen molar-refractivity contribution in [2.45, 2.75) is 31.8 Å². The molecule has 0 saturated carbocycles. The fourth-order valence-electron chi connectivity index (χ4n) is 3.54. The molecule has 140 valence electrons. The Hall–Kier alpha value is -1.96. The fourth-order valence-corrected chi connectivity index (χ4v) is 5.24. The van der Waals surface area contributed by atoms with Crippen molar-refractivity contribution in [3.05, 3.63) is 48.0 Å². The molecule has 7 heteroatoms. The molecule has 0 spiro atoms. The quantitative estimate of drug-likeness (QED) is 0.795. The number of nitrogens with two attached hydrogens (primary N) is 1. The van der Waals surface area contributed by atoms with Crippen molar-refractivity contribution in [1.29, 1.82) is 0 Å². The predicted molar refractivity (Wildman–Crippen MR) is 103 cm³/mol. The second-order valence-corrected chi connectivity index (χ2v) is 8.72. The number of rotatable bonds is 6. The molecule has 2 atom stereocenters. The normalized spacial score (nSPS) is 21.2. The number of benzene rings is 2. The van der Waals surface area contributed by atoms with Crippen LogP contribution in [0.1, 0.15) is 18.9 Å². The lowest BCUT2D eigenvalue weighted by Crippen LogP contribution is -2.46. The van der Waals surface area contributed by atoms with Crippen molar-refractivity contribution in [3.63, 3.8) is 0 Å². The minimum atomic E-state index is -3.58. The molecule has 6 nitrogen and oxygen atoms in total. The molecule has 1 saturated heterocycles. The van der Waals surface area contributed by atoms with Crippen LogP contribution in [0.15, 0.2) is 42.5 Å². The minimum Gasteiger partial charge on any atom is -0.355 e. The van der Waals surface area contributed by atoms with Crippen LogP contribution in [0.4, 0.5) is 0 Å². The first-order chi connectivity index (χ1) is 12.4. The second kappa shape index (κ2) is 7.73. The van der Waals surface area contributed by atoms with Crippen molar-refractivity contribution in [2.75, 3.05) is 18.8 Å². The summed E-state index contributed by atoms with van der Waals surface area (Å²) in [6, 6.07) is 12.8. The molecule has 0 aromatic heterocycles. The molecule has 26 heavy (non-hydrogen) atoms. The summed E-state index contributed by atoms with van der Waals surface area (Å²) in [6.07, 6.45) is 0.761. The zero-order valence-electron chi connectivity index (χ0n) is 14.9. The molecule has 2 unspecified atom stereocenters. The van der Waals surface area contributed by atoms with E-state index in [0.29, 0.717) is 19.4 Å². The van der Waals surface area contributed by atoms with Crippen molar-refractivity contribution in [3.8, 4) is 0 Å². The fraction of sp³-hybridized carbons (Fsp3) is 0.421. The topological polar surface area (TPSA) is 92.5 Å². The van der Waals surface area contributed by atoms with E-state index in [2.05, 4.69) is 5.32 Å². The maximum atomic E-state index is 12.9. The Morgan fingerprint density at radius 3 is 2.73 bits per heavy atom. The number of carbonyl (C=O) groups excluding carboxylic acids is 1. The van der Waals surface area contributed by atoms with Gasteiger partial charge in [0.15, 0.2) is 0 Å². The molecule has 3 N–H and O–H groups in total. The second-order valence-electron chi connectivity index (χ2n) is 6.68. The summed E-state index contributed by atoms with van der Waals surface area (Å²) >= 11 is 0. The van der Waals surface area contributed by atoms with Gasteiger partial charge in [-0.15, -0.1) is 0 Å². The number of nitrogens with one attached hydrogen (secondary N) is 1. The van der Waals surface area contributed by atoms with Gasteiger partial charge in [0.1, 0.15) is 6.04 Å². The number of amides is 1. The van der Waals surface area contributed by atoms with Crippen molar-refractivity contribution in [2.24, 2.45) is 5.73 Å². The number of nitrogens with zero attached hydrogens (tertiary/aromatic N) is 1. The third-order valence-corrected chi connectivity index (χ3v) is 6.65. The van der Waals surface area contributed by atoms with Crippen LogP contribution in [0, 0.1) is 0 Å². The molecule has 2 aromatic rings. The molecule has 1 fully saturated rings. The molecule has 0 bridgehead atoms. The van der Waals surface area contributed by atoms with Gasteiger partial charge in [-0.3, -0.25) is 4.79 Å². The predicted octanol–water partition coefficient (Wildman–Crippen LogP) is 1.25. The van der Waals surface area contributed by atoms with E-state index < -0.39 is 16.1 Å². The molecule has 1 aliphatic heterocycles. The Labute approximate surface area is 154 Å². The van der Waals surface area contributed by atoms with Gasteiger partial charge in [0.25, 0.3) is 0 Å². The van der Waals surface area contributed by atoms with E-state index in [-0.39, 0.29) is 24.2 Å². The van der Waals surface area contributed by atoms with Crippen molar-refractivity contribution >= 4 is 26.7 Å². The molecule has 2 aromatic carbocycles. The smallest absolute Gasteiger partial charge is 0.238 e. The van der Waals surface area contributed by atoms with Crippen LogP contribution in [0.5, 0.6) is 0 Å². The zero-order chi connectivity index (χ0) is 18.7. The first-order valence-corrected chi connectivity index (χ1v) is 10.5. The summed E-state index contributed by atoms with van der Waals surface area (Å²) in [4.78, 5) is 12.2. The summed E-state index contributed by atoms with van der Waals surface area (Å²) in [5.74, 6) is -0.307. The highest BCUT2D eigenvalue weighted by molar-refractivity contribution is 7.89. The van der Waals surface area contributed by atoms with Crippen LogP contribution in [-0.4, -0.2) is 49.6 Å². The van der Waals surface area contributed by atoms with E-state index in [4.69, 9.17) is 5.73 Å². The number of aryl methyl sites for hydroxylation is 1. The number of fused-ring (bicyclic) bond motifs is 1. The summed E-state index contributed by atoms with van der Waals surface area (Å²) < 4.78 is 27.1. The molecule has 3 rings (SSSR count). The number of hydrogen-bond acceptors (Lipinski definition) is 4. The maximum Gasteiger partial charge on any atom is 0.238 e. The van der Waals surface area contributed by atoms with Gasteiger partial charge in [0.2, 0.25) is 15.9 Å². The van der Waals surface area contributed by atoms with E-state index in [1.165, 1.54) is 4.31 Å². The first-order valence-electron chi connectivity index (χ1n) is 8.92. The van der Waals surface area contributed by atoms with Gasteiger partial charge in [-0.25, -0.2) is 8.42 Å². The van der Waals surface area contributed by atoms with Crippen LogP contribution in [-0.2, 0) is 21.2 Å². The minimum absolute atomic E-state index is 0.0381. The Balaban J connectivity index is 1.78. The van der Waals surface area contributed by atoms with Crippen molar-refractivity contribution < 1.29 is 13.2 Å². The number of sulfonamides is 1. The highest BCUT2D eigenvalue weighted by Gasteiger charge is 2.41. The summed E-state index contributed by atoms with van der Waals surface area (Å²) in [5, 5.41) is 4.86. The third kappa shape index (κ3) is 3.90. The van der Waals surface area contributed by atoms with E-state index in [1.807, 2.05) is 49.4 Å². The highest BCUT2D eigenvalue weighted by Crippen LogP contribution is 2.24. The lowest BCUT2D eigenvalue weighted by atomic mass is 10.0. The molecule has 0 radical (unpaired) electrons. The zero-order valence-corrected chi connectivity index (χ0v) is 15.7. The van der Waals surface area contributed by atoms with Gasteiger partial charge in [0, 0.05) is 19.1 Å². The van der Waals surface area contributed by atoms with E-state index in [9.17, 15) is 13.2 Å². The molecular weight excluding hydrogens is 350 g/mol. The Morgan fingerprint density at radius 2 is 1.96 bits per heavy atom. The van der Waals surface area contributed by atoms with E-state index in [1.54, 1.807) is 0 Å². The van der Waals surface area contributed by atoms with E-state index >= 15 is 0 Å². The van der Waals surface area contributed by atoms with Crippen LogP contribution >= 0.6 is 0 Å². The van der Waals surface area contributed by atoms with Gasteiger partial charge >= 0.3 is 0 Å². The number of carbonyl (C=O) groups is 1.